The summed E-state index contributed by atoms with van der Waals surface area (Å²) in [6, 6.07) is 21.4. The molecule has 2 nitrogen and oxygen atoms in total. The van der Waals surface area contributed by atoms with Crippen molar-refractivity contribution in [3.8, 4) is 16.9 Å². The van der Waals surface area contributed by atoms with Gasteiger partial charge >= 0.3 is 0 Å². The average Bonchev–Trinajstić information content (AvgIpc) is 2.56. The zero-order chi connectivity index (χ0) is 15.5. The highest BCUT2D eigenvalue weighted by atomic mass is 35.5. The molecule has 0 aliphatic rings. The van der Waals surface area contributed by atoms with E-state index in [0.29, 0.717) is 10.6 Å². The van der Waals surface area contributed by atoms with Gasteiger partial charge in [0.1, 0.15) is 5.75 Å². The molecule has 0 amide bonds. The molecule has 0 bridgehead atoms. The van der Waals surface area contributed by atoms with Gasteiger partial charge in [0.25, 0.3) is 0 Å². The molecule has 3 heteroatoms. The SMILES string of the molecule is O=C(c1ccc(Cl)cc1)c1cc(-c2ccccc2)ccc1O. The second-order valence-corrected chi connectivity index (χ2v) is 5.37. The van der Waals surface area contributed by atoms with E-state index < -0.39 is 0 Å². The Morgan fingerprint density at radius 3 is 2.18 bits per heavy atom. The number of rotatable bonds is 3. The van der Waals surface area contributed by atoms with Gasteiger partial charge in [0.05, 0.1) is 5.56 Å². The van der Waals surface area contributed by atoms with Crippen molar-refractivity contribution in [2.24, 2.45) is 0 Å². The lowest BCUT2D eigenvalue weighted by Crippen LogP contribution is -2.01. The van der Waals surface area contributed by atoms with E-state index in [2.05, 4.69) is 0 Å². The number of phenolic OH excluding ortho intramolecular Hbond substituents is 1. The first-order chi connectivity index (χ1) is 10.6. The third-order valence-corrected chi connectivity index (χ3v) is 3.71. The summed E-state index contributed by atoms with van der Waals surface area (Å²) in [5, 5.41) is 10.6. The van der Waals surface area contributed by atoms with Crippen LogP contribution < -0.4 is 0 Å². The lowest BCUT2D eigenvalue weighted by atomic mass is 9.97. The number of carbonyl (C=O) groups excluding carboxylic acids is 1. The van der Waals surface area contributed by atoms with Crippen LogP contribution in [0.4, 0.5) is 0 Å². The van der Waals surface area contributed by atoms with Gasteiger partial charge in [-0.05, 0) is 47.5 Å². The Bertz CT molecular complexity index is 809. The molecule has 108 valence electrons. The normalized spacial score (nSPS) is 10.4. The number of benzene rings is 3. The van der Waals surface area contributed by atoms with Crippen LogP contribution in [0.3, 0.4) is 0 Å². The molecule has 0 saturated carbocycles. The lowest BCUT2D eigenvalue weighted by Gasteiger charge is -2.08. The van der Waals surface area contributed by atoms with E-state index in [1.807, 2.05) is 30.3 Å². The number of ketones is 1. The van der Waals surface area contributed by atoms with Crippen LogP contribution in [0.15, 0.2) is 72.8 Å². The molecule has 0 atom stereocenters. The topological polar surface area (TPSA) is 37.3 Å². The second kappa shape index (κ2) is 6.04. The van der Waals surface area contributed by atoms with Crippen LogP contribution in [0.5, 0.6) is 5.75 Å². The predicted octanol–water partition coefficient (Wildman–Crippen LogP) is 4.94. The first-order valence-electron chi connectivity index (χ1n) is 6.84. The van der Waals surface area contributed by atoms with Gasteiger partial charge in [-0.1, -0.05) is 48.0 Å². The highest BCUT2D eigenvalue weighted by Crippen LogP contribution is 2.28. The fourth-order valence-electron chi connectivity index (χ4n) is 2.28. The van der Waals surface area contributed by atoms with Crippen molar-refractivity contribution in [3.05, 3.63) is 88.9 Å². The van der Waals surface area contributed by atoms with Gasteiger partial charge in [-0.3, -0.25) is 4.79 Å². The molecule has 0 aromatic heterocycles. The maximum atomic E-state index is 12.6. The Morgan fingerprint density at radius 1 is 0.818 bits per heavy atom. The molecule has 0 aliphatic heterocycles. The van der Waals surface area contributed by atoms with Gasteiger partial charge < -0.3 is 5.11 Å². The van der Waals surface area contributed by atoms with Gasteiger partial charge in [0, 0.05) is 10.6 Å². The van der Waals surface area contributed by atoms with Crippen molar-refractivity contribution >= 4 is 17.4 Å². The van der Waals surface area contributed by atoms with Crippen molar-refractivity contribution in [1.82, 2.24) is 0 Å². The monoisotopic (exact) mass is 308 g/mol. The number of carbonyl (C=O) groups is 1. The third-order valence-electron chi connectivity index (χ3n) is 3.45. The largest absolute Gasteiger partial charge is 0.507 e. The molecule has 1 N–H and O–H groups in total. The van der Waals surface area contributed by atoms with Crippen LogP contribution >= 0.6 is 11.6 Å². The number of hydrogen-bond acceptors (Lipinski definition) is 2. The smallest absolute Gasteiger partial charge is 0.196 e. The maximum absolute atomic E-state index is 12.6. The van der Waals surface area contributed by atoms with Crippen molar-refractivity contribution in [2.75, 3.05) is 0 Å². The molecular formula is C19H13ClO2. The maximum Gasteiger partial charge on any atom is 0.196 e. The van der Waals surface area contributed by atoms with Crippen LogP contribution in [0.25, 0.3) is 11.1 Å². The summed E-state index contributed by atoms with van der Waals surface area (Å²) >= 11 is 5.84. The van der Waals surface area contributed by atoms with Crippen LogP contribution in [-0.4, -0.2) is 10.9 Å². The van der Waals surface area contributed by atoms with E-state index in [9.17, 15) is 9.90 Å². The van der Waals surface area contributed by atoms with E-state index in [4.69, 9.17) is 11.6 Å². The standard InChI is InChI=1S/C19H13ClO2/c20-16-9-6-14(7-10-16)19(22)17-12-15(8-11-18(17)21)13-4-2-1-3-5-13/h1-12,21H. The van der Waals surface area contributed by atoms with Crippen molar-refractivity contribution in [1.29, 1.82) is 0 Å². The summed E-state index contributed by atoms with van der Waals surface area (Å²) in [6.07, 6.45) is 0. The van der Waals surface area contributed by atoms with Gasteiger partial charge in [-0.15, -0.1) is 0 Å². The van der Waals surface area contributed by atoms with Gasteiger partial charge in [-0.2, -0.15) is 0 Å². The molecular weight excluding hydrogens is 296 g/mol. The van der Waals surface area contributed by atoms with Crippen molar-refractivity contribution in [3.63, 3.8) is 0 Å². The predicted molar refractivity (Wildman–Crippen MR) is 88.4 cm³/mol. The molecule has 0 radical (unpaired) electrons. The number of hydrogen-bond donors (Lipinski definition) is 1. The first kappa shape index (κ1) is 14.4. The minimum atomic E-state index is -0.230. The van der Waals surface area contributed by atoms with E-state index in [1.165, 1.54) is 0 Å². The Morgan fingerprint density at radius 2 is 1.50 bits per heavy atom. The second-order valence-electron chi connectivity index (χ2n) is 4.93. The van der Waals surface area contributed by atoms with Crippen molar-refractivity contribution in [2.45, 2.75) is 0 Å². The molecule has 0 fully saturated rings. The number of halogens is 1. The van der Waals surface area contributed by atoms with Crippen LogP contribution in [0.2, 0.25) is 5.02 Å². The quantitative estimate of drug-likeness (QED) is 0.696. The Kier molecular flexibility index (Phi) is 3.94. The summed E-state index contributed by atoms with van der Waals surface area (Å²) in [5.74, 6) is -0.258. The molecule has 0 aliphatic carbocycles. The van der Waals surface area contributed by atoms with E-state index in [1.54, 1.807) is 42.5 Å². The fraction of sp³-hybridized carbons (Fsp3) is 0. The van der Waals surface area contributed by atoms with E-state index >= 15 is 0 Å². The summed E-state index contributed by atoms with van der Waals surface area (Å²) in [7, 11) is 0. The van der Waals surface area contributed by atoms with Crippen LogP contribution in [0.1, 0.15) is 15.9 Å². The van der Waals surface area contributed by atoms with Gasteiger partial charge in [0.15, 0.2) is 5.78 Å². The summed E-state index contributed by atoms with van der Waals surface area (Å²) < 4.78 is 0. The van der Waals surface area contributed by atoms with E-state index in [0.717, 1.165) is 11.1 Å². The highest BCUT2D eigenvalue weighted by molar-refractivity contribution is 6.30. The van der Waals surface area contributed by atoms with Crippen LogP contribution in [-0.2, 0) is 0 Å². The molecule has 3 aromatic rings. The molecule has 3 rings (SSSR count). The van der Waals surface area contributed by atoms with Crippen molar-refractivity contribution < 1.29 is 9.90 Å². The Labute approximate surface area is 133 Å². The Balaban J connectivity index is 2.03. The Hall–Kier alpha value is -2.58. The third kappa shape index (κ3) is 2.87. The summed E-state index contributed by atoms with van der Waals surface area (Å²) in [6.45, 7) is 0. The minimum absolute atomic E-state index is 0.0281. The number of aromatic hydroxyl groups is 1. The molecule has 22 heavy (non-hydrogen) atoms. The van der Waals surface area contributed by atoms with Crippen LogP contribution in [0, 0.1) is 0 Å². The minimum Gasteiger partial charge on any atom is -0.507 e. The van der Waals surface area contributed by atoms with Gasteiger partial charge in [0.2, 0.25) is 0 Å². The lowest BCUT2D eigenvalue weighted by molar-refractivity contribution is 0.103. The van der Waals surface area contributed by atoms with Gasteiger partial charge in [-0.25, -0.2) is 0 Å². The molecule has 0 saturated heterocycles. The summed E-state index contributed by atoms with van der Waals surface area (Å²) in [4.78, 5) is 12.6. The highest BCUT2D eigenvalue weighted by Gasteiger charge is 2.14. The molecule has 0 spiro atoms. The average molecular weight is 309 g/mol. The molecule has 3 aromatic carbocycles. The molecule has 0 heterocycles. The zero-order valence-electron chi connectivity index (χ0n) is 11.7. The zero-order valence-corrected chi connectivity index (χ0v) is 12.4. The van der Waals surface area contributed by atoms with E-state index in [-0.39, 0.29) is 17.1 Å². The fourth-order valence-corrected chi connectivity index (χ4v) is 2.41. The molecule has 0 unspecified atom stereocenters. The number of phenols is 1. The first-order valence-corrected chi connectivity index (χ1v) is 7.21. The summed E-state index contributed by atoms with van der Waals surface area (Å²) in [5.41, 5.74) is 2.65.